The number of alkyl halides is 2. The van der Waals surface area contributed by atoms with Crippen molar-refractivity contribution in [2.45, 2.75) is 28.5 Å². The Kier molecular flexibility index (Phi) is 7.92. The Labute approximate surface area is 302 Å². The molecule has 18 heteroatoms. The molecule has 2 heterocycles. The van der Waals surface area contributed by atoms with E-state index < -0.39 is 108 Å². The van der Waals surface area contributed by atoms with Crippen molar-refractivity contribution in [2.75, 3.05) is 28.8 Å². The summed E-state index contributed by atoms with van der Waals surface area (Å²) in [5, 5.41) is 34.1. The van der Waals surface area contributed by atoms with E-state index >= 15 is 0 Å². The van der Waals surface area contributed by atoms with Gasteiger partial charge < -0.3 is 10.0 Å². The molecule has 268 valence electrons. The van der Waals surface area contributed by atoms with Gasteiger partial charge in [0.2, 0.25) is 11.8 Å². The number of carbonyl (C=O) groups is 4. The highest BCUT2D eigenvalue weighted by molar-refractivity contribution is 6.58. The SMILES string of the molecule is CN(C)c1c([N+](=O)[O-])cc(N2C(=O)[C@H]3[C@H](CC=C4[C@H]3C[C@@]3(Cl)C(=O)N(c5ccc(F)cc5)C(=O)[C@@]3(Cl)[C@H]4c3ccc(O)c(F)c3)C2=O)cc1[N+](=O)[O-]. The maximum atomic E-state index is 15.0. The maximum Gasteiger partial charge on any atom is 0.301 e. The quantitative estimate of drug-likeness (QED) is 0.114. The zero-order valence-electron chi connectivity index (χ0n) is 27.0. The highest BCUT2D eigenvalue weighted by Crippen LogP contribution is 2.66. The molecule has 1 saturated carbocycles. The summed E-state index contributed by atoms with van der Waals surface area (Å²) in [5.41, 5.74) is -2.07. The Morgan fingerprint density at radius 3 is 2.02 bits per heavy atom. The number of carbonyl (C=O) groups excluding carboxylic acids is 4. The Hall–Kier alpha value is -5.48. The average molecular weight is 757 g/mol. The van der Waals surface area contributed by atoms with Gasteiger partial charge in [0.1, 0.15) is 5.82 Å². The van der Waals surface area contributed by atoms with Crippen LogP contribution in [0.3, 0.4) is 0 Å². The Morgan fingerprint density at radius 2 is 1.46 bits per heavy atom. The van der Waals surface area contributed by atoms with Crippen molar-refractivity contribution >= 4 is 75.3 Å². The highest BCUT2D eigenvalue weighted by atomic mass is 35.5. The van der Waals surface area contributed by atoms with E-state index in [0.717, 1.165) is 53.4 Å². The van der Waals surface area contributed by atoms with E-state index in [4.69, 9.17) is 23.2 Å². The van der Waals surface area contributed by atoms with Crippen LogP contribution in [0, 0.1) is 49.6 Å². The van der Waals surface area contributed by atoms with Crippen molar-refractivity contribution in [3.63, 3.8) is 0 Å². The van der Waals surface area contributed by atoms with Crippen molar-refractivity contribution in [1.29, 1.82) is 0 Å². The van der Waals surface area contributed by atoms with E-state index in [2.05, 4.69) is 0 Å². The first-order chi connectivity index (χ1) is 24.4. The molecule has 0 radical (unpaired) electrons. The van der Waals surface area contributed by atoms with Crippen molar-refractivity contribution in [2.24, 2.45) is 17.8 Å². The summed E-state index contributed by atoms with van der Waals surface area (Å²) in [6.45, 7) is 0. The van der Waals surface area contributed by atoms with Gasteiger partial charge in [-0.1, -0.05) is 17.7 Å². The number of aromatic hydroxyl groups is 1. The normalized spacial score (nSPS) is 28.0. The van der Waals surface area contributed by atoms with Crippen LogP contribution in [-0.2, 0) is 19.2 Å². The van der Waals surface area contributed by atoms with Crippen LogP contribution in [0.25, 0.3) is 0 Å². The molecule has 1 N–H and O–H groups in total. The third-order valence-electron chi connectivity index (χ3n) is 10.4. The van der Waals surface area contributed by atoms with Crippen LogP contribution in [-0.4, -0.2) is 62.4 Å². The number of amides is 4. The van der Waals surface area contributed by atoms with Gasteiger partial charge in [0.05, 0.1) is 33.1 Å². The molecule has 7 rings (SSSR count). The van der Waals surface area contributed by atoms with Gasteiger partial charge in [0.25, 0.3) is 11.8 Å². The van der Waals surface area contributed by atoms with Gasteiger partial charge in [-0.05, 0) is 60.7 Å². The maximum absolute atomic E-state index is 15.0. The summed E-state index contributed by atoms with van der Waals surface area (Å²) in [6.07, 6.45) is 0.923. The number of rotatable bonds is 6. The molecule has 2 aliphatic carbocycles. The minimum absolute atomic E-state index is 0.00554. The molecule has 4 amide bonds. The molecule has 3 aromatic carbocycles. The molecule has 3 aromatic rings. The number of phenolic OH excluding ortho intramolecular Hbond substituents is 1. The van der Waals surface area contributed by atoms with E-state index in [1.807, 2.05) is 0 Å². The van der Waals surface area contributed by atoms with Gasteiger partial charge >= 0.3 is 11.4 Å². The fraction of sp³-hybridized carbons (Fsp3) is 0.294. The Balaban J connectivity index is 1.39. The Bertz CT molecular complexity index is 2170. The molecular formula is C34H25Cl2F2N5O9. The van der Waals surface area contributed by atoms with Gasteiger partial charge in [0, 0.05) is 32.1 Å². The van der Waals surface area contributed by atoms with E-state index in [-0.39, 0.29) is 28.9 Å². The third kappa shape index (κ3) is 4.66. The second-order valence-electron chi connectivity index (χ2n) is 13.2. The third-order valence-corrected chi connectivity index (χ3v) is 11.8. The number of halogens is 4. The molecule has 4 aliphatic rings. The van der Waals surface area contributed by atoms with E-state index in [0.29, 0.717) is 9.80 Å². The number of nitro groups is 2. The molecule has 2 saturated heterocycles. The minimum atomic E-state index is -2.37. The first-order valence-corrected chi connectivity index (χ1v) is 16.4. The molecular weight excluding hydrogens is 731 g/mol. The van der Waals surface area contributed by atoms with Crippen molar-refractivity contribution in [3.05, 3.63) is 104 Å². The van der Waals surface area contributed by atoms with Crippen molar-refractivity contribution in [3.8, 4) is 5.75 Å². The molecule has 52 heavy (non-hydrogen) atoms. The summed E-state index contributed by atoms with van der Waals surface area (Å²) in [4.78, 5) is 77.3. The van der Waals surface area contributed by atoms with Crippen molar-refractivity contribution in [1.82, 2.24) is 0 Å². The number of nitro benzene ring substituents is 2. The van der Waals surface area contributed by atoms with Crippen LogP contribution in [0.4, 0.5) is 37.2 Å². The van der Waals surface area contributed by atoms with Gasteiger partial charge in [-0.3, -0.25) is 39.4 Å². The standard InChI is InChI=1S/C34H25Cl2F2N5O9/c1-39(2)28-23(42(49)50)12-18(13-24(28)43(51)52)40-29(45)20-9-8-19-21(26(20)30(40)46)14-33(35)31(47)41(17-6-4-16(37)5-7-17)32(48)34(33,36)27(19)15-3-10-25(44)22(38)11-15/h3-8,10-13,20-21,26-27,44H,9,14H2,1-2H3/t20-,21+,26-,27-,33+,34-/m0/s1. The predicted octanol–water partition coefficient (Wildman–Crippen LogP) is 5.32. The second-order valence-corrected chi connectivity index (χ2v) is 14.5. The monoisotopic (exact) mass is 755 g/mol. The van der Waals surface area contributed by atoms with Crippen LogP contribution in [0.15, 0.2) is 66.2 Å². The molecule has 0 aromatic heterocycles. The summed E-state index contributed by atoms with van der Waals surface area (Å²) < 4.78 is 28.8. The topological polar surface area (TPSA) is 185 Å². The lowest BCUT2D eigenvalue weighted by Gasteiger charge is -2.50. The molecule has 2 aliphatic heterocycles. The van der Waals surface area contributed by atoms with Crippen LogP contribution in [0.1, 0.15) is 24.3 Å². The van der Waals surface area contributed by atoms with Gasteiger partial charge in [-0.25, -0.2) is 18.6 Å². The van der Waals surface area contributed by atoms with Crippen LogP contribution >= 0.6 is 23.2 Å². The van der Waals surface area contributed by atoms with Gasteiger partial charge in [-0.15, -0.1) is 23.2 Å². The molecule has 14 nitrogen and oxygen atoms in total. The zero-order valence-corrected chi connectivity index (χ0v) is 28.5. The minimum Gasteiger partial charge on any atom is -0.505 e. The number of fused-ring (bicyclic) bond motifs is 4. The lowest BCUT2D eigenvalue weighted by atomic mass is 9.56. The summed E-state index contributed by atoms with van der Waals surface area (Å²) in [7, 11) is 2.71. The van der Waals surface area contributed by atoms with Crippen LogP contribution in [0.2, 0.25) is 0 Å². The van der Waals surface area contributed by atoms with E-state index in [9.17, 15) is 53.3 Å². The van der Waals surface area contributed by atoms with Crippen LogP contribution in [0.5, 0.6) is 5.75 Å². The van der Waals surface area contributed by atoms with Gasteiger partial charge in [-0.2, -0.15) is 0 Å². The number of phenols is 1. The number of hydrogen-bond acceptors (Lipinski definition) is 10. The first kappa shape index (κ1) is 34.9. The smallest absolute Gasteiger partial charge is 0.301 e. The fourth-order valence-electron chi connectivity index (χ4n) is 8.19. The van der Waals surface area contributed by atoms with E-state index in [1.54, 1.807) is 6.08 Å². The number of hydrogen-bond donors (Lipinski definition) is 1. The fourth-order valence-corrected chi connectivity index (χ4v) is 9.12. The average Bonchev–Trinajstić information content (AvgIpc) is 3.43. The number of imide groups is 2. The Morgan fingerprint density at radius 1 is 0.846 bits per heavy atom. The summed E-state index contributed by atoms with van der Waals surface area (Å²) >= 11 is 14.5. The lowest BCUT2D eigenvalue weighted by Crippen LogP contribution is -2.60. The molecule has 3 fully saturated rings. The number of allylic oxidation sites excluding steroid dienone is 2. The lowest BCUT2D eigenvalue weighted by molar-refractivity contribution is -0.392. The molecule has 0 bridgehead atoms. The molecule has 0 unspecified atom stereocenters. The predicted molar refractivity (Wildman–Crippen MR) is 181 cm³/mol. The number of nitrogens with zero attached hydrogens (tertiary/aromatic N) is 5. The second kappa shape index (κ2) is 11.8. The molecule has 6 atom stereocenters. The summed E-state index contributed by atoms with van der Waals surface area (Å²) in [5.74, 6) is -11.2. The van der Waals surface area contributed by atoms with Gasteiger partial charge in [0.15, 0.2) is 27.0 Å². The largest absolute Gasteiger partial charge is 0.505 e. The van der Waals surface area contributed by atoms with Crippen LogP contribution < -0.4 is 14.7 Å². The first-order valence-electron chi connectivity index (χ1n) is 15.7. The molecule has 0 spiro atoms. The number of benzene rings is 3. The van der Waals surface area contributed by atoms with E-state index in [1.165, 1.54) is 20.2 Å². The zero-order chi connectivity index (χ0) is 37.8. The number of anilines is 3. The van der Waals surface area contributed by atoms with Crippen molar-refractivity contribution < 1.29 is 42.9 Å². The highest BCUT2D eigenvalue weighted by Gasteiger charge is 2.76. The summed E-state index contributed by atoms with van der Waals surface area (Å²) in [6, 6.07) is 9.32.